The quantitative estimate of drug-likeness (QED) is 0.643. The highest BCUT2D eigenvalue weighted by Crippen LogP contribution is 2.33. The van der Waals surface area contributed by atoms with Gasteiger partial charge in [-0.25, -0.2) is 0 Å². The zero-order valence-electron chi connectivity index (χ0n) is 12.0. The fourth-order valence-corrected chi connectivity index (χ4v) is 3.09. The third-order valence-electron chi connectivity index (χ3n) is 3.58. The lowest BCUT2D eigenvalue weighted by molar-refractivity contribution is 0.282. The van der Waals surface area contributed by atoms with E-state index in [9.17, 15) is 0 Å². The number of unbranched alkanes of at least 4 members (excludes halogenated alkanes) is 3. The monoisotopic (exact) mass is 322 g/mol. The summed E-state index contributed by atoms with van der Waals surface area (Å²) >= 11 is 12.6. The van der Waals surface area contributed by atoms with Gasteiger partial charge in [0.1, 0.15) is 0 Å². The van der Waals surface area contributed by atoms with Crippen molar-refractivity contribution in [2.24, 2.45) is 0 Å². The van der Waals surface area contributed by atoms with Crippen LogP contribution in [0.1, 0.15) is 31.2 Å². The molecule has 2 aromatic carbocycles. The van der Waals surface area contributed by atoms with Gasteiger partial charge in [0.2, 0.25) is 0 Å². The van der Waals surface area contributed by atoms with Gasteiger partial charge in [-0.2, -0.15) is 0 Å². The van der Waals surface area contributed by atoms with Crippen LogP contribution in [0.2, 0.25) is 10.0 Å². The predicted octanol–water partition coefficient (Wildman–Crippen LogP) is 5.76. The Labute approximate surface area is 136 Å². The van der Waals surface area contributed by atoms with Crippen molar-refractivity contribution in [2.45, 2.75) is 32.1 Å². The molecule has 1 nitrogen and oxygen atoms in total. The van der Waals surface area contributed by atoms with E-state index in [4.69, 9.17) is 28.3 Å². The molecular formula is C18H20Cl2O. The fourth-order valence-electron chi connectivity index (χ4n) is 2.50. The van der Waals surface area contributed by atoms with Gasteiger partial charge in [0.05, 0.1) is 0 Å². The van der Waals surface area contributed by atoms with Crippen LogP contribution < -0.4 is 0 Å². The van der Waals surface area contributed by atoms with Crippen LogP contribution in [0.15, 0.2) is 42.5 Å². The van der Waals surface area contributed by atoms with Gasteiger partial charge in [0.25, 0.3) is 0 Å². The van der Waals surface area contributed by atoms with Crippen LogP contribution in [0, 0.1) is 0 Å². The van der Waals surface area contributed by atoms with Crippen molar-refractivity contribution in [2.75, 3.05) is 6.61 Å². The Kier molecular flexibility index (Phi) is 6.56. The molecule has 0 bridgehead atoms. The smallest absolute Gasteiger partial charge is 0.0458 e. The van der Waals surface area contributed by atoms with Crippen LogP contribution in [0.25, 0.3) is 11.1 Å². The number of aliphatic hydroxyl groups is 1. The lowest BCUT2D eigenvalue weighted by atomic mass is 9.95. The molecule has 0 fully saturated rings. The Morgan fingerprint density at radius 3 is 2.29 bits per heavy atom. The number of halogens is 2. The van der Waals surface area contributed by atoms with Crippen molar-refractivity contribution in [1.29, 1.82) is 0 Å². The Morgan fingerprint density at radius 2 is 1.57 bits per heavy atom. The minimum absolute atomic E-state index is 0.275. The molecule has 0 unspecified atom stereocenters. The van der Waals surface area contributed by atoms with Crippen molar-refractivity contribution in [3.05, 3.63) is 58.1 Å². The van der Waals surface area contributed by atoms with Gasteiger partial charge in [-0.3, -0.25) is 0 Å². The maximum absolute atomic E-state index is 8.81. The maximum atomic E-state index is 8.81. The minimum atomic E-state index is 0.275. The maximum Gasteiger partial charge on any atom is 0.0458 e. The van der Waals surface area contributed by atoms with Gasteiger partial charge in [0.15, 0.2) is 0 Å². The Balaban J connectivity index is 2.19. The first-order valence-electron chi connectivity index (χ1n) is 7.36. The molecule has 112 valence electrons. The molecule has 3 heteroatoms. The molecule has 2 rings (SSSR count). The summed E-state index contributed by atoms with van der Waals surface area (Å²) in [7, 11) is 0. The third kappa shape index (κ3) is 4.74. The Hall–Kier alpha value is -1.02. The standard InChI is InChI=1S/C18H20Cl2O/c19-15-12-17(14-8-4-3-5-9-14)16(18(20)13-15)10-6-1-2-7-11-21/h3-5,8-9,12-13,21H,1-2,6-7,10-11H2. The summed E-state index contributed by atoms with van der Waals surface area (Å²) in [5.74, 6) is 0. The van der Waals surface area contributed by atoms with Crippen molar-refractivity contribution in [3.8, 4) is 11.1 Å². The molecule has 0 atom stereocenters. The van der Waals surface area contributed by atoms with Crippen LogP contribution in [-0.2, 0) is 6.42 Å². The molecule has 0 heterocycles. The molecule has 2 aromatic rings. The molecule has 0 saturated heterocycles. The molecule has 0 aromatic heterocycles. The predicted molar refractivity (Wildman–Crippen MR) is 91.2 cm³/mol. The number of hydrogen-bond donors (Lipinski definition) is 1. The number of benzene rings is 2. The molecule has 0 aliphatic carbocycles. The topological polar surface area (TPSA) is 20.2 Å². The van der Waals surface area contributed by atoms with E-state index in [1.54, 1.807) is 0 Å². The van der Waals surface area contributed by atoms with Crippen molar-refractivity contribution < 1.29 is 5.11 Å². The molecule has 1 N–H and O–H groups in total. The van der Waals surface area contributed by atoms with E-state index in [0.29, 0.717) is 5.02 Å². The van der Waals surface area contributed by atoms with E-state index in [1.165, 1.54) is 0 Å². The lowest BCUT2D eigenvalue weighted by Crippen LogP contribution is -1.94. The highest BCUT2D eigenvalue weighted by Gasteiger charge is 2.10. The summed E-state index contributed by atoms with van der Waals surface area (Å²) in [6.45, 7) is 0.275. The van der Waals surface area contributed by atoms with Gasteiger partial charge in [0, 0.05) is 16.7 Å². The number of hydrogen-bond acceptors (Lipinski definition) is 1. The van der Waals surface area contributed by atoms with Gasteiger partial charge >= 0.3 is 0 Å². The van der Waals surface area contributed by atoms with Crippen molar-refractivity contribution in [1.82, 2.24) is 0 Å². The summed E-state index contributed by atoms with van der Waals surface area (Å²) in [4.78, 5) is 0. The second kappa shape index (κ2) is 8.43. The second-order valence-corrected chi connectivity index (χ2v) is 6.01. The van der Waals surface area contributed by atoms with Crippen molar-refractivity contribution in [3.63, 3.8) is 0 Å². The molecule has 0 spiro atoms. The zero-order chi connectivity index (χ0) is 15.1. The van der Waals surface area contributed by atoms with Crippen LogP contribution in [0.3, 0.4) is 0 Å². The van der Waals surface area contributed by atoms with Gasteiger partial charge in [-0.15, -0.1) is 0 Å². The van der Waals surface area contributed by atoms with Crippen LogP contribution in [0.5, 0.6) is 0 Å². The average Bonchev–Trinajstić information content (AvgIpc) is 2.49. The van der Waals surface area contributed by atoms with Crippen LogP contribution in [0.4, 0.5) is 0 Å². The van der Waals surface area contributed by atoms with E-state index in [1.807, 2.05) is 30.3 Å². The normalized spacial score (nSPS) is 10.8. The minimum Gasteiger partial charge on any atom is -0.396 e. The lowest BCUT2D eigenvalue weighted by Gasteiger charge is -2.13. The first-order chi connectivity index (χ1) is 10.2. The van der Waals surface area contributed by atoms with E-state index < -0.39 is 0 Å². The van der Waals surface area contributed by atoms with E-state index in [-0.39, 0.29) is 6.61 Å². The fraction of sp³-hybridized carbons (Fsp3) is 0.333. The van der Waals surface area contributed by atoms with Gasteiger partial charge < -0.3 is 5.11 Å². The summed E-state index contributed by atoms with van der Waals surface area (Å²) in [6, 6.07) is 14.0. The largest absolute Gasteiger partial charge is 0.396 e. The Morgan fingerprint density at radius 1 is 0.857 bits per heavy atom. The molecular weight excluding hydrogens is 303 g/mol. The highest BCUT2D eigenvalue weighted by atomic mass is 35.5. The summed E-state index contributed by atoms with van der Waals surface area (Å²) in [6.07, 6.45) is 5.04. The summed E-state index contributed by atoms with van der Waals surface area (Å²) in [5, 5.41) is 10.2. The first-order valence-corrected chi connectivity index (χ1v) is 8.12. The molecule has 21 heavy (non-hydrogen) atoms. The Bertz CT molecular complexity index is 567. The second-order valence-electron chi connectivity index (χ2n) is 5.17. The molecule has 0 aliphatic heterocycles. The average molecular weight is 323 g/mol. The summed E-state index contributed by atoms with van der Waals surface area (Å²) in [5.41, 5.74) is 3.43. The number of aliphatic hydroxyl groups excluding tert-OH is 1. The molecule has 0 amide bonds. The van der Waals surface area contributed by atoms with E-state index >= 15 is 0 Å². The van der Waals surface area contributed by atoms with E-state index in [0.717, 1.165) is 53.8 Å². The first kappa shape index (κ1) is 16.4. The van der Waals surface area contributed by atoms with Gasteiger partial charge in [-0.05, 0) is 48.1 Å². The van der Waals surface area contributed by atoms with Crippen LogP contribution >= 0.6 is 23.2 Å². The van der Waals surface area contributed by atoms with Crippen LogP contribution in [-0.4, -0.2) is 11.7 Å². The molecule has 0 aliphatic rings. The summed E-state index contributed by atoms with van der Waals surface area (Å²) < 4.78 is 0. The number of rotatable bonds is 7. The van der Waals surface area contributed by atoms with Crippen molar-refractivity contribution >= 4 is 23.2 Å². The zero-order valence-corrected chi connectivity index (χ0v) is 13.5. The third-order valence-corrected chi connectivity index (χ3v) is 4.14. The SMILES string of the molecule is OCCCCCCc1c(Cl)cc(Cl)cc1-c1ccccc1. The molecule has 0 radical (unpaired) electrons. The molecule has 0 saturated carbocycles. The highest BCUT2D eigenvalue weighted by molar-refractivity contribution is 6.35. The van der Waals surface area contributed by atoms with Gasteiger partial charge in [-0.1, -0.05) is 66.4 Å². The van der Waals surface area contributed by atoms with E-state index in [2.05, 4.69) is 12.1 Å².